The molecule has 0 spiro atoms. The number of cyclic esters (lactones) is 1. The molecule has 0 radical (unpaired) electrons. The number of anilines is 2. The molecular formula is C20H16BF3N2O7S. The highest BCUT2D eigenvalue weighted by Crippen LogP contribution is 2.28. The molecule has 2 aromatic rings. The molecule has 178 valence electrons. The van der Waals surface area contributed by atoms with Crippen molar-refractivity contribution in [3.05, 3.63) is 53.1 Å². The fraction of sp³-hybridized carbons (Fsp3) is 0.200. The molecule has 0 atom stereocenters. The quantitative estimate of drug-likeness (QED) is 0.325. The van der Waals surface area contributed by atoms with Gasteiger partial charge >= 0.3 is 25.2 Å². The predicted octanol–water partition coefficient (Wildman–Crippen LogP) is 1.54. The third-order valence-corrected chi connectivity index (χ3v) is 6.53. The minimum Gasteiger partial charge on any atom is -0.462 e. The van der Waals surface area contributed by atoms with Gasteiger partial charge in [-0.05, 0) is 53.0 Å². The topological polar surface area (TPSA) is 131 Å². The number of carbonyl (C=O) groups is 2. The van der Waals surface area contributed by atoms with Crippen molar-refractivity contribution in [2.75, 3.05) is 16.6 Å². The van der Waals surface area contributed by atoms with Crippen LogP contribution in [0.4, 0.5) is 24.5 Å². The standard InChI is InChI=1S/C20H16BF3N2O7S/c22-20(23,24)19(28)25-14-3-4-17(13(8-14)7-11-5-6-32-18(11)27)34(30,31)26-15-2-1-12-10-33-21(29)16(12)9-15/h1-4,7-9,26,29H,5-6,10H2,(H,25,28). The van der Waals surface area contributed by atoms with Crippen LogP contribution in [0, 0.1) is 0 Å². The molecule has 9 nitrogen and oxygen atoms in total. The molecule has 34 heavy (non-hydrogen) atoms. The molecule has 0 bridgehead atoms. The van der Waals surface area contributed by atoms with E-state index in [2.05, 4.69) is 4.72 Å². The van der Waals surface area contributed by atoms with Crippen molar-refractivity contribution >= 4 is 51.9 Å². The van der Waals surface area contributed by atoms with Gasteiger partial charge in [-0.3, -0.25) is 9.52 Å². The zero-order chi connectivity index (χ0) is 24.7. The minimum absolute atomic E-state index is 0.0784. The Morgan fingerprint density at radius 3 is 2.56 bits per heavy atom. The molecule has 0 unspecified atom stereocenters. The average Bonchev–Trinajstić information content (AvgIpc) is 3.32. The third-order valence-electron chi connectivity index (χ3n) is 5.07. The fourth-order valence-corrected chi connectivity index (χ4v) is 4.66. The van der Waals surface area contributed by atoms with Gasteiger partial charge < -0.3 is 19.7 Å². The van der Waals surface area contributed by atoms with E-state index in [1.807, 2.05) is 0 Å². The van der Waals surface area contributed by atoms with E-state index in [0.29, 0.717) is 11.0 Å². The van der Waals surface area contributed by atoms with Gasteiger partial charge in [0.2, 0.25) is 0 Å². The number of sulfonamides is 1. The Balaban J connectivity index is 1.71. The van der Waals surface area contributed by atoms with E-state index >= 15 is 0 Å². The zero-order valence-electron chi connectivity index (χ0n) is 17.2. The highest BCUT2D eigenvalue weighted by molar-refractivity contribution is 7.92. The van der Waals surface area contributed by atoms with Crippen molar-refractivity contribution in [3.8, 4) is 0 Å². The molecule has 1 saturated heterocycles. The molecule has 2 heterocycles. The van der Waals surface area contributed by atoms with Crippen LogP contribution >= 0.6 is 0 Å². The summed E-state index contributed by atoms with van der Waals surface area (Å²) in [7, 11) is -5.52. The van der Waals surface area contributed by atoms with Gasteiger partial charge in [-0.2, -0.15) is 13.2 Å². The first-order valence-corrected chi connectivity index (χ1v) is 11.3. The van der Waals surface area contributed by atoms with Gasteiger partial charge in [-0.25, -0.2) is 13.2 Å². The average molecular weight is 496 g/mol. The second kappa shape index (κ2) is 8.78. The second-order valence-electron chi connectivity index (χ2n) is 7.44. The fourth-order valence-electron chi connectivity index (χ4n) is 3.44. The summed E-state index contributed by atoms with van der Waals surface area (Å²) >= 11 is 0. The molecule has 0 aromatic heterocycles. The van der Waals surface area contributed by atoms with Crippen LogP contribution in [0.1, 0.15) is 17.5 Å². The molecule has 0 aliphatic carbocycles. The number of alkyl halides is 3. The maximum absolute atomic E-state index is 13.1. The van der Waals surface area contributed by atoms with Crippen LogP contribution in [0.3, 0.4) is 0 Å². The number of ether oxygens (including phenoxy) is 1. The number of halogens is 3. The molecule has 14 heteroatoms. The van der Waals surface area contributed by atoms with Crippen molar-refractivity contribution in [2.24, 2.45) is 0 Å². The third kappa shape index (κ3) is 4.93. The van der Waals surface area contributed by atoms with Gasteiger partial charge in [-0.1, -0.05) is 6.07 Å². The first kappa shape index (κ1) is 23.8. The number of carbonyl (C=O) groups excluding carboxylic acids is 2. The lowest BCUT2D eigenvalue weighted by molar-refractivity contribution is -0.167. The van der Waals surface area contributed by atoms with Crippen LogP contribution in [-0.2, 0) is 35.6 Å². The lowest BCUT2D eigenvalue weighted by atomic mass is 9.79. The number of amides is 1. The Bertz CT molecular complexity index is 1310. The van der Waals surface area contributed by atoms with Crippen LogP contribution in [0.15, 0.2) is 46.9 Å². The van der Waals surface area contributed by atoms with Crippen molar-refractivity contribution in [2.45, 2.75) is 24.1 Å². The number of hydrogen-bond donors (Lipinski definition) is 3. The molecular weight excluding hydrogens is 480 g/mol. The summed E-state index contributed by atoms with van der Waals surface area (Å²) in [4.78, 5) is 22.8. The van der Waals surface area contributed by atoms with E-state index in [-0.39, 0.29) is 47.0 Å². The Hall–Kier alpha value is -3.36. The maximum Gasteiger partial charge on any atom is 0.491 e. The second-order valence-corrected chi connectivity index (χ2v) is 9.09. The predicted molar refractivity (Wildman–Crippen MR) is 114 cm³/mol. The zero-order valence-corrected chi connectivity index (χ0v) is 18.0. The van der Waals surface area contributed by atoms with Gasteiger partial charge in [0.25, 0.3) is 10.0 Å². The number of esters is 1. The summed E-state index contributed by atoms with van der Waals surface area (Å²) in [5.41, 5.74) is 0.847. The molecule has 1 fully saturated rings. The van der Waals surface area contributed by atoms with E-state index in [9.17, 15) is 36.2 Å². The monoisotopic (exact) mass is 496 g/mol. The molecule has 0 saturated carbocycles. The summed E-state index contributed by atoms with van der Waals surface area (Å²) in [5, 5.41) is 11.5. The number of benzene rings is 2. The number of nitrogens with one attached hydrogen (secondary N) is 2. The largest absolute Gasteiger partial charge is 0.491 e. The summed E-state index contributed by atoms with van der Waals surface area (Å²) in [6.07, 6.45) is -3.79. The molecule has 4 rings (SSSR count). The van der Waals surface area contributed by atoms with Crippen molar-refractivity contribution in [1.29, 1.82) is 0 Å². The van der Waals surface area contributed by atoms with Crippen LogP contribution in [0.2, 0.25) is 0 Å². The van der Waals surface area contributed by atoms with Gasteiger partial charge in [0.05, 0.1) is 18.1 Å². The van der Waals surface area contributed by atoms with Gasteiger partial charge in [0.1, 0.15) is 0 Å². The van der Waals surface area contributed by atoms with Gasteiger partial charge in [0.15, 0.2) is 0 Å². The van der Waals surface area contributed by atoms with E-state index in [4.69, 9.17) is 9.39 Å². The molecule has 2 aromatic carbocycles. The Kier molecular flexibility index (Phi) is 6.14. The van der Waals surface area contributed by atoms with Crippen LogP contribution < -0.4 is 15.5 Å². The summed E-state index contributed by atoms with van der Waals surface area (Å²) in [5.74, 6) is -2.92. The smallest absolute Gasteiger partial charge is 0.462 e. The molecule has 2 aliphatic heterocycles. The Labute approximate surface area is 191 Å². The normalized spacial score (nSPS) is 17.0. The Morgan fingerprint density at radius 2 is 1.88 bits per heavy atom. The van der Waals surface area contributed by atoms with Crippen LogP contribution in [0.5, 0.6) is 0 Å². The maximum atomic E-state index is 13.1. The lowest BCUT2D eigenvalue weighted by Crippen LogP contribution is -2.30. The number of fused-ring (bicyclic) bond motifs is 1. The SMILES string of the molecule is O=C1OCCC1=Cc1cc(NC(=O)C(F)(F)F)ccc1S(=O)(=O)Nc1ccc2c(c1)B(O)OC2. The summed E-state index contributed by atoms with van der Waals surface area (Å²) in [6.45, 7) is 0.248. The van der Waals surface area contributed by atoms with Gasteiger partial charge in [-0.15, -0.1) is 0 Å². The summed E-state index contributed by atoms with van der Waals surface area (Å²) in [6, 6.07) is 7.45. The highest BCUT2D eigenvalue weighted by Gasteiger charge is 2.39. The van der Waals surface area contributed by atoms with Gasteiger partial charge in [0, 0.05) is 23.4 Å². The van der Waals surface area contributed by atoms with Crippen molar-refractivity contribution < 1.29 is 45.6 Å². The molecule has 1 amide bonds. The van der Waals surface area contributed by atoms with E-state index < -0.39 is 35.2 Å². The van der Waals surface area contributed by atoms with E-state index in [0.717, 1.165) is 18.2 Å². The Morgan fingerprint density at radius 1 is 1.15 bits per heavy atom. The number of hydrogen-bond acceptors (Lipinski definition) is 7. The first-order chi connectivity index (χ1) is 15.9. The number of rotatable bonds is 5. The van der Waals surface area contributed by atoms with E-state index in [1.165, 1.54) is 18.2 Å². The first-order valence-electron chi connectivity index (χ1n) is 9.79. The van der Waals surface area contributed by atoms with Crippen molar-refractivity contribution in [1.82, 2.24) is 0 Å². The summed E-state index contributed by atoms with van der Waals surface area (Å²) < 4.78 is 76.4. The lowest BCUT2D eigenvalue weighted by Gasteiger charge is -2.14. The minimum atomic E-state index is -5.15. The van der Waals surface area contributed by atoms with Crippen LogP contribution in [-0.4, -0.2) is 45.2 Å². The molecule has 2 aliphatic rings. The van der Waals surface area contributed by atoms with Crippen LogP contribution in [0.25, 0.3) is 6.08 Å². The van der Waals surface area contributed by atoms with Crippen molar-refractivity contribution in [3.63, 3.8) is 0 Å². The highest BCUT2D eigenvalue weighted by atomic mass is 32.2. The molecule has 3 N–H and O–H groups in total. The van der Waals surface area contributed by atoms with E-state index in [1.54, 1.807) is 11.4 Å².